The molecule has 8 heteroatoms. The summed E-state index contributed by atoms with van der Waals surface area (Å²) in [5.74, 6) is -0.0701. The molecule has 1 aromatic rings. The number of carbonyl (C=O) groups excluding carboxylic acids is 1. The molecule has 0 saturated carbocycles. The molecule has 3 N–H and O–H groups in total. The molecule has 0 saturated heterocycles. The molecule has 1 aromatic carbocycles. The van der Waals surface area contributed by atoms with E-state index in [-0.39, 0.29) is 42.2 Å². The minimum Gasteiger partial charge on any atom is -0.357 e. The number of guanidine groups is 1. The number of nitrogens with one attached hydrogen (secondary N) is 3. The quantitative estimate of drug-likeness (QED) is 0.197. The molecule has 0 aliphatic carbocycles. The van der Waals surface area contributed by atoms with E-state index < -0.39 is 0 Å². The first-order valence-corrected chi connectivity index (χ1v) is 9.66. The van der Waals surface area contributed by atoms with Crippen molar-refractivity contribution in [1.29, 1.82) is 0 Å². The van der Waals surface area contributed by atoms with Gasteiger partial charge in [0.15, 0.2) is 5.96 Å². The van der Waals surface area contributed by atoms with E-state index in [1.807, 2.05) is 6.92 Å². The van der Waals surface area contributed by atoms with Gasteiger partial charge in [-0.15, -0.1) is 24.0 Å². The lowest BCUT2D eigenvalue weighted by Crippen LogP contribution is -2.41. The van der Waals surface area contributed by atoms with Gasteiger partial charge >= 0.3 is 0 Å². The van der Waals surface area contributed by atoms with Crippen LogP contribution in [0.4, 0.5) is 10.1 Å². The van der Waals surface area contributed by atoms with Crippen molar-refractivity contribution in [1.82, 2.24) is 15.5 Å². The Labute approximate surface area is 185 Å². The summed E-state index contributed by atoms with van der Waals surface area (Å²) in [6.45, 7) is 13.2. The van der Waals surface area contributed by atoms with Crippen LogP contribution in [0, 0.1) is 5.82 Å². The average Bonchev–Trinajstić information content (AvgIpc) is 2.58. The number of nitrogens with zero attached hydrogens (tertiary/aromatic N) is 2. The third kappa shape index (κ3) is 10.8. The Bertz CT molecular complexity index is 602. The zero-order valence-corrected chi connectivity index (χ0v) is 19.9. The molecule has 0 spiro atoms. The lowest BCUT2D eigenvalue weighted by atomic mass is 10.2. The first kappa shape index (κ1) is 26.6. The van der Waals surface area contributed by atoms with Crippen LogP contribution in [0.3, 0.4) is 0 Å². The summed E-state index contributed by atoms with van der Waals surface area (Å²) in [6.07, 6.45) is 0.982. The molecule has 1 rings (SSSR count). The molecule has 0 unspecified atom stereocenters. The monoisotopic (exact) mass is 507 g/mol. The molecule has 1 amide bonds. The smallest absolute Gasteiger partial charge is 0.246 e. The van der Waals surface area contributed by atoms with Crippen LogP contribution < -0.4 is 16.0 Å². The van der Waals surface area contributed by atoms with Gasteiger partial charge in [0.1, 0.15) is 12.4 Å². The molecular formula is C20H35FIN5O. The number of hydrogen-bond donors (Lipinski definition) is 3. The molecule has 0 heterocycles. The van der Waals surface area contributed by atoms with E-state index in [0.29, 0.717) is 30.3 Å². The lowest BCUT2D eigenvalue weighted by Gasteiger charge is -2.30. The number of halogens is 2. The normalized spacial score (nSPS) is 11.5. The molecule has 160 valence electrons. The van der Waals surface area contributed by atoms with Crippen LogP contribution >= 0.6 is 24.0 Å². The second kappa shape index (κ2) is 14.6. The summed E-state index contributed by atoms with van der Waals surface area (Å²) in [5.41, 5.74) is 0.427. The number of aliphatic imine (C=N–C) groups is 1. The van der Waals surface area contributed by atoms with Gasteiger partial charge in [-0.05, 0) is 59.2 Å². The van der Waals surface area contributed by atoms with Crippen LogP contribution in [-0.4, -0.2) is 55.0 Å². The van der Waals surface area contributed by atoms with Crippen molar-refractivity contribution in [2.75, 3.05) is 31.5 Å². The topological polar surface area (TPSA) is 68.8 Å². The predicted molar refractivity (Wildman–Crippen MR) is 126 cm³/mol. The number of hydrogen-bond acceptors (Lipinski definition) is 3. The van der Waals surface area contributed by atoms with E-state index in [0.717, 1.165) is 19.5 Å². The number of anilines is 1. The Balaban J connectivity index is 0.00000729. The Hall–Kier alpha value is -1.42. The van der Waals surface area contributed by atoms with E-state index >= 15 is 0 Å². The summed E-state index contributed by atoms with van der Waals surface area (Å²) in [6, 6.07) is 6.83. The number of benzene rings is 1. The van der Waals surface area contributed by atoms with Crippen LogP contribution in [0.15, 0.2) is 29.3 Å². The summed E-state index contributed by atoms with van der Waals surface area (Å²) in [5, 5.41) is 9.02. The minimum absolute atomic E-state index is 0. The summed E-state index contributed by atoms with van der Waals surface area (Å²) >= 11 is 0. The molecule has 0 aliphatic heterocycles. The molecule has 0 fully saturated rings. The third-order valence-electron chi connectivity index (χ3n) is 4.05. The fourth-order valence-corrected chi connectivity index (χ4v) is 2.84. The van der Waals surface area contributed by atoms with E-state index in [2.05, 4.69) is 53.5 Å². The van der Waals surface area contributed by atoms with Crippen molar-refractivity contribution in [2.45, 2.75) is 53.1 Å². The van der Waals surface area contributed by atoms with Crippen molar-refractivity contribution in [2.24, 2.45) is 4.99 Å². The van der Waals surface area contributed by atoms with Crippen LogP contribution in [0.1, 0.15) is 41.0 Å². The molecule has 0 aromatic heterocycles. The highest BCUT2D eigenvalue weighted by atomic mass is 127. The van der Waals surface area contributed by atoms with Gasteiger partial charge in [-0.25, -0.2) is 9.38 Å². The fourth-order valence-electron chi connectivity index (χ4n) is 2.84. The summed E-state index contributed by atoms with van der Waals surface area (Å²) < 4.78 is 13.2. The van der Waals surface area contributed by atoms with Crippen molar-refractivity contribution >= 4 is 41.5 Å². The van der Waals surface area contributed by atoms with Gasteiger partial charge in [0.05, 0.1) is 0 Å². The van der Waals surface area contributed by atoms with E-state index in [9.17, 15) is 9.18 Å². The average molecular weight is 507 g/mol. The van der Waals surface area contributed by atoms with Gasteiger partial charge in [-0.1, -0.05) is 6.07 Å². The van der Waals surface area contributed by atoms with Crippen molar-refractivity contribution in [3.63, 3.8) is 0 Å². The van der Waals surface area contributed by atoms with Crippen LogP contribution in [-0.2, 0) is 4.79 Å². The Kier molecular flexibility index (Phi) is 13.8. The largest absolute Gasteiger partial charge is 0.357 e. The maximum atomic E-state index is 13.2. The summed E-state index contributed by atoms with van der Waals surface area (Å²) in [7, 11) is 0. The standard InChI is InChI=1S/C20H34FN5O.HI/c1-6-22-20(23-11-8-12-26(15(2)3)16(4)5)24-14-19(27)25-18-10-7-9-17(21)13-18;/h7,9-10,13,15-16H,6,8,11-12,14H2,1-5H3,(H,25,27)(H2,22,23,24);1H. The first-order chi connectivity index (χ1) is 12.8. The fraction of sp³-hybridized carbons (Fsp3) is 0.600. The summed E-state index contributed by atoms with van der Waals surface area (Å²) in [4.78, 5) is 18.7. The van der Waals surface area contributed by atoms with Crippen LogP contribution in [0.25, 0.3) is 0 Å². The Morgan fingerprint density at radius 2 is 1.86 bits per heavy atom. The molecule has 0 bridgehead atoms. The maximum Gasteiger partial charge on any atom is 0.246 e. The van der Waals surface area contributed by atoms with Crippen LogP contribution in [0.2, 0.25) is 0 Å². The lowest BCUT2D eigenvalue weighted by molar-refractivity contribution is -0.114. The molecule has 6 nitrogen and oxygen atoms in total. The highest BCUT2D eigenvalue weighted by Crippen LogP contribution is 2.08. The predicted octanol–water partition coefficient (Wildman–Crippen LogP) is 3.45. The van der Waals surface area contributed by atoms with Crippen LogP contribution in [0.5, 0.6) is 0 Å². The highest BCUT2D eigenvalue weighted by Gasteiger charge is 2.12. The van der Waals surface area contributed by atoms with Crippen molar-refractivity contribution in [3.8, 4) is 0 Å². The van der Waals surface area contributed by atoms with Gasteiger partial charge in [-0.3, -0.25) is 9.69 Å². The molecule has 28 heavy (non-hydrogen) atoms. The molecule has 0 atom stereocenters. The van der Waals surface area contributed by atoms with Gasteiger partial charge in [0.25, 0.3) is 0 Å². The third-order valence-corrected chi connectivity index (χ3v) is 4.05. The zero-order valence-electron chi connectivity index (χ0n) is 17.6. The van der Waals surface area contributed by atoms with Gasteiger partial charge in [0, 0.05) is 37.4 Å². The van der Waals surface area contributed by atoms with Gasteiger partial charge < -0.3 is 16.0 Å². The molecule has 0 radical (unpaired) electrons. The van der Waals surface area contributed by atoms with Gasteiger partial charge in [-0.2, -0.15) is 0 Å². The Morgan fingerprint density at radius 3 is 2.43 bits per heavy atom. The van der Waals surface area contributed by atoms with E-state index in [4.69, 9.17) is 0 Å². The van der Waals surface area contributed by atoms with Crippen molar-refractivity contribution < 1.29 is 9.18 Å². The number of amides is 1. The van der Waals surface area contributed by atoms with E-state index in [1.54, 1.807) is 12.1 Å². The minimum atomic E-state index is -0.386. The zero-order chi connectivity index (χ0) is 20.2. The van der Waals surface area contributed by atoms with Crippen molar-refractivity contribution in [3.05, 3.63) is 30.1 Å². The second-order valence-corrected chi connectivity index (χ2v) is 6.96. The maximum absolute atomic E-state index is 13.2. The SMILES string of the molecule is CCNC(=NCC(=O)Nc1cccc(F)c1)NCCCN(C(C)C)C(C)C.I. The molecular weight excluding hydrogens is 472 g/mol. The second-order valence-electron chi connectivity index (χ2n) is 6.96. The highest BCUT2D eigenvalue weighted by molar-refractivity contribution is 14.0. The Morgan fingerprint density at radius 1 is 1.18 bits per heavy atom. The first-order valence-electron chi connectivity index (χ1n) is 9.66. The van der Waals surface area contributed by atoms with E-state index in [1.165, 1.54) is 12.1 Å². The van der Waals surface area contributed by atoms with Gasteiger partial charge in [0.2, 0.25) is 5.91 Å². The molecule has 0 aliphatic rings. The number of carbonyl (C=O) groups is 1. The number of rotatable bonds is 10.